The molecule has 1 heterocycles. The van der Waals surface area contributed by atoms with E-state index in [1.54, 1.807) is 12.1 Å². The van der Waals surface area contributed by atoms with Gasteiger partial charge in [-0.25, -0.2) is 14.4 Å². The molecule has 0 aliphatic heterocycles. The maximum atomic E-state index is 14.9. The van der Waals surface area contributed by atoms with Gasteiger partial charge in [0.15, 0.2) is 17.4 Å². The number of benzene rings is 2. The second-order valence-corrected chi connectivity index (χ2v) is 20.0. The number of ether oxygens (including phenoxy) is 4. The number of hydrogen-bond acceptors (Lipinski definition) is 6. The molecule has 0 spiro atoms. The van der Waals surface area contributed by atoms with Gasteiger partial charge in [0.2, 0.25) is 5.82 Å². The molecule has 0 radical (unpaired) electrons. The third kappa shape index (κ3) is 21.9. The van der Waals surface area contributed by atoms with Crippen molar-refractivity contribution in [3.05, 3.63) is 77.6 Å². The standard InChI is InChI=1S/C30H46F2O2.C29H46N2O2/c1-4-7-23-9-11-24(12-10-23)25-13-15-26(16-14-25)27-17-18-28(30(32)29(27)31)34-21-20-33-19-6-8-22(3)5-2;1-4-6-7-8-9-10-11-12-15-26-23-30-29(31-24-26)27-16-18-28(19-17-27)33-22-21-32-20-13-14-25(3)5-2/h15,17-18,22-25H,4-14,16,19-21H2,1-3H3;16-19,23-25H,4-15,20-22H2,1-3H3. The van der Waals surface area contributed by atoms with Crippen molar-refractivity contribution >= 4 is 5.57 Å². The van der Waals surface area contributed by atoms with E-state index < -0.39 is 11.6 Å². The van der Waals surface area contributed by atoms with E-state index >= 15 is 0 Å². The van der Waals surface area contributed by atoms with Crippen LogP contribution in [0.3, 0.4) is 0 Å². The van der Waals surface area contributed by atoms with Crippen molar-refractivity contribution < 1.29 is 27.7 Å². The predicted octanol–water partition coefficient (Wildman–Crippen LogP) is 17.0. The van der Waals surface area contributed by atoms with E-state index in [1.165, 1.54) is 115 Å². The van der Waals surface area contributed by atoms with Gasteiger partial charge in [0.1, 0.15) is 19.0 Å². The highest BCUT2D eigenvalue weighted by atomic mass is 19.2. The Morgan fingerprint density at radius 1 is 0.597 bits per heavy atom. The molecule has 3 aromatic rings. The van der Waals surface area contributed by atoms with E-state index in [9.17, 15) is 8.78 Å². The molecule has 2 aromatic carbocycles. The fourth-order valence-corrected chi connectivity index (χ4v) is 9.68. The van der Waals surface area contributed by atoms with Gasteiger partial charge < -0.3 is 18.9 Å². The highest BCUT2D eigenvalue weighted by Crippen LogP contribution is 2.43. The molecule has 3 unspecified atom stereocenters. The zero-order chi connectivity index (χ0) is 47.9. The van der Waals surface area contributed by atoms with Crippen LogP contribution in [0.1, 0.15) is 200 Å². The lowest BCUT2D eigenvalue weighted by atomic mass is 9.70. The van der Waals surface area contributed by atoms with Crippen LogP contribution in [0.4, 0.5) is 8.78 Å². The topological polar surface area (TPSA) is 62.7 Å². The van der Waals surface area contributed by atoms with Crippen LogP contribution >= 0.6 is 0 Å². The first-order valence-electron chi connectivity index (χ1n) is 27.3. The smallest absolute Gasteiger partial charge is 0.201 e. The first-order valence-corrected chi connectivity index (χ1v) is 27.3. The summed E-state index contributed by atoms with van der Waals surface area (Å²) in [5.74, 6) is 3.87. The van der Waals surface area contributed by atoms with Gasteiger partial charge in [-0.3, -0.25) is 0 Å². The number of hydrogen-bond donors (Lipinski definition) is 0. The lowest BCUT2D eigenvalue weighted by Gasteiger charge is -2.35. The molecule has 0 bridgehead atoms. The largest absolute Gasteiger partial charge is 0.491 e. The van der Waals surface area contributed by atoms with Crippen LogP contribution in [-0.2, 0) is 15.9 Å². The Kier molecular flexibility index (Phi) is 28.6. The summed E-state index contributed by atoms with van der Waals surface area (Å²) in [5.41, 5.74) is 3.59. The molecule has 376 valence electrons. The maximum absolute atomic E-state index is 14.9. The minimum absolute atomic E-state index is 0.0254. The van der Waals surface area contributed by atoms with E-state index in [0.29, 0.717) is 43.8 Å². The van der Waals surface area contributed by atoms with Crippen LogP contribution in [0.25, 0.3) is 17.0 Å². The van der Waals surface area contributed by atoms with E-state index in [2.05, 4.69) is 57.6 Å². The Morgan fingerprint density at radius 3 is 1.79 bits per heavy atom. The number of aromatic nitrogens is 2. The fraction of sp³-hybridized carbons (Fsp3) is 0.695. The van der Waals surface area contributed by atoms with Crippen molar-refractivity contribution in [1.29, 1.82) is 0 Å². The number of nitrogens with zero attached hydrogens (tertiary/aromatic N) is 2. The number of aryl methyl sites for hydroxylation is 1. The summed E-state index contributed by atoms with van der Waals surface area (Å²) in [6.07, 6.45) is 35.9. The van der Waals surface area contributed by atoms with Crippen molar-refractivity contribution in [1.82, 2.24) is 9.97 Å². The molecular formula is C59H92F2N2O4. The summed E-state index contributed by atoms with van der Waals surface area (Å²) in [7, 11) is 0. The summed E-state index contributed by atoms with van der Waals surface area (Å²) in [6.45, 7) is 16.8. The van der Waals surface area contributed by atoms with Crippen molar-refractivity contribution in [2.75, 3.05) is 39.6 Å². The molecule has 1 aromatic heterocycles. The third-order valence-corrected chi connectivity index (χ3v) is 14.6. The summed E-state index contributed by atoms with van der Waals surface area (Å²) in [5, 5.41) is 0. The molecule has 3 atom stereocenters. The first kappa shape index (κ1) is 56.2. The average molecular weight is 931 g/mol. The van der Waals surface area contributed by atoms with Gasteiger partial charge >= 0.3 is 0 Å². The molecule has 0 saturated heterocycles. The molecule has 67 heavy (non-hydrogen) atoms. The lowest BCUT2D eigenvalue weighted by Crippen LogP contribution is -2.23. The quantitative estimate of drug-likeness (QED) is 0.0581. The van der Waals surface area contributed by atoms with Gasteiger partial charge in [-0.05, 0) is 148 Å². The van der Waals surface area contributed by atoms with E-state index in [1.807, 2.05) is 36.7 Å². The molecule has 1 fully saturated rings. The predicted molar refractivity (Wildman–Crippen MR) is 276 cm³/mol. The molecule has 6 nitrogen and oxygen atoms in total. The Balaban J connectivity index is 0.000000293. The fourth-order valence-electron chi connectivity index (χ4n) is 9.68. The lowest BCUT2D eigenvalue weighted by molar-refractivity contribution is 0.0937. The van der Waals surface area contributed by atoms with Crippen LogP contribution in [0, 0.1) is 41.2 Å². The summed E-state index contributed by atoms with van der Waals surface area (Å²) < 4.78 is 52.0. The Morgan fingerprint density at radius 2 is 1.21 bits per heavy atom. The number of unbranched alkanes of at least 4 members (excludes halogenated alkanes) is 7. The minimum Gasteiger partial charge on any atom is -0.491 e. The Hall–Kier alpha value is -3.36. The SMILES string of the molecule is CCCC1CCC(C2CC=C(c3ccc(OCCOCCCC(C)CC)c(F)c3F)CC2)CC1.CCCCCCCCCCc1cnc(-c2ccc(OCCOCCCC(C)CC)cc2)nc1. The molecular weight excluding hydrogens is 839 g/mol. The summed E-state index contributed by atoms with van der Waals surface area (Å²) in [6, 6.07) is 11.3. The molecule has 8 heteroatoms. The Labute approximate surface area is 407 Å². The van der Waals surface area contributed by atoms with Gasteiger partial charge in [-0.15, -0.1) is 0 Å². The number of rotatable bonds is 32. The van der Waals surface area contributed by atoms with Crippen molar-refractivity contribution in [2.24, 2.45) is 29.6 Å². The maximum Gasteiger partial charge on any atom is 0.201 e. The van der Waals surface area contributed by atoms with Gasteiger partial charge in [0, 0.05) is 36.7 Å². The highest BCUT2D eigenvalue weighted by Gasteiger charge is 2.29. The monoisotopic (exact) mass is 931 g/mol. The normalized spacial score (nSPS) is 18.1. The second-order valence-electron chi connectivity index (χ2n) is 20.0. The van der Waals surface area contributed by atoms with Crippen molar-refractivity contribution in [3.8, 4) is 22.9 Å². The zero-order valence-corrected chi connectivity index (χ0v) is 43.1. The zero-order valence-electron chi connectivity index (χ0n) is 43.1. The second kappa shape index (κ2) is 34.0. The van der Waals surface area contributed by atoms with Crippen LogP contribution in [0.2, 0.25) is 0 Å². The average Bonchev–Trinajstić information content (AvgIpc) is 3.36. The molecule has 1 saturated carbocycles. The van der Waals surface area contributed by atoms with Crippen LogP contribution in [0.15, 0.2) is 54.9 Å². The van der Waals surface area contributed by atoms with E-state index in [4.69, 9.17) is 18.9 Å². The van der Waals surface area contributed by atoms with E-state index in [-0.39, 0.29) is 12.4 Å². The minimum atomic E-state index is -0.883. The first-order chi connectivity index (χ1) is 32.8. The summed E-state index contributed by atoms with van der Waals surface area (Å²) in [4.78, 5) is 9.16. The molecule has 0 amide bonds. The molecule has 2 aliphatic rings. The van der Waals surface area contributed by atoms with Gasteiger partial charge in [-0.1, -0.05) is 131 Å². The van der Waals surface area contributed by atoms with E-state index in [0.717, 1.165) is 92.0 Å². The van der Waals surface area contributed by atoms with Gasteiger partial charge in [-0.2, -0.15) is 4.39 Å². The number of allylic oxidation sites excluding steroid dienone is 2. The Bertz CT molecular complexity index is 1740. The van der Waals surface area contributed by atoms with Gasteiger partial charge in [0.25, 0.3) is 0 Å². The van der Waals surface area contributed by atoms with Crippen LogP contribution < -0.4 is 9.47 Å². The highest BCUT2D eigenvalue weighted by molar-refractivity contribution is 5.67. The molecule has 5 rings (SSSR count). The van der Waals surface area contributed by atoms with Crippen LogP contribution in [-0.4, -0.2) is 49.6 Å². The van der Waals surface area contributed by atoms with Crippen LogP contribution in [0.5, 0.6) is 11.5 Å². The third-order valence-electron chi connectivity index (χ3n) is 14.6. The van der Waals surface area contributed by atoms with Gasteiger partial charge in [0.05, 0.1) is 13.2 Å². The van der Waals surface area contributed by atoms with Crippen molar-refractivity contribution in [2.45, 2.75) is 196 Å². The summed E-state index contributed by atoms with van der Waals surface area (Å²) >= 11 is 0. The number of halogens is 2. The molecule has 2 aliphatic carbocycles. The molecule has 0 N–H and O–H groups in total. The van der Waals surface area contributed by atoms with Crippen molar-refractivity contribution in [3.63, 3.8) is 0 Å².